The minimum atomic E-state index is 0.777. The third-order valence-electron chi connectivity index (χ3n) is 2.84. The fraction of sp³-hybridized carbons (Fsp3) is 0.312. The van der Waals surface area contributed by atoms with Crippen LogP contribution in [0.4, 0.5) is 0 Å². The fourth-order valence-electron chi connectivity index (χ4n) is 1.81. The zero-order valence-corrected chi connectivity index (χ0v) is 11.5. The lowest BCUT2D eigenvalue weighted by Gasteiger charge is -2.09. The number of nitrogens with one attached hydrogen (secondary N) is 1. The van der Waals surface area contributed by atoms with E-state index in [4.69, 9.17) is 4.74 Å². The van der Waals surface area contributed by atoms with Crippen LogP contribution in [0.25, 0.3) is 0 Å². The molecule has 19 heavy (non-hydrogen) atoms. The monoisotopic (exact) mass is 256 g/mol. The predicted molar refractivity (Wildman–Crippen MR) is 77.5 cm³/mol. The molecule has 0 fully saturated rings. The summed E-state index contributed by atoms with van der Waals surface area (Å²) in [4.78, 5) is 4.33. The second-order valence-corrected chi connectivity index (χ2v) is 4.53. The second kappa shape index (κ2) is 6.90. The molecule has 0 spiro atoms. The van der Waals surface area contributed by atoms with Gasteiger partial charge in [0.2, 0.25) is 0 Å². The quantitative estimate of drug-likeness (QED) is 0.800. The Hall–Kier alpha value is -1.87. The van der Waals surface area contributed by atoms with Gasteiger partial charge in [0, 0.05) is 18.8 Å². The molecular weight excluding hydrogens is 236 g/mol. The number of nitrogens with zero attached hydrogens (tertiary/aromatic N) is 1. The van der Waals surface area contributed by atoms with Crippen molar-refractivity contribution in [2.75, 3.05) is 6.54 Å². The van der Waals surface area contributed by atoms with Gasteiger partial charge in [-0.2, -0.15) is 0 Å². The highest BCUT2D eigenvalue weighted by Gasteiger charge is 2.02. The second-order valence-electron chi connectivity index (χ2n) is 4.53. The van der Waals surface area contributed by atoms with Gasteiger partial charge in [-0.25, -0.2) is 0 Å². The highest BCUT2D eigenvalue weighted by atomic mass is 16.5. The Labute approximate surface area is 114 Å². The van der Waals surface area contributed by atoms with E-state index >= 15 is 0 Å². The summed E-state index contributed by atoms with van der Waals surface area (Å²) in [6.45, 7) is 5.97. The van der Waals surface area contributed by atoms with Crippen LogP contribution in [-0.4, -0.2) is 11.5 Å². The molecule has 1 aromatic carbocycles. The van der Waals surface area contributed by atoms with Gasteiger partial charge in [0.05, 0.1) is 5.69 Å². The van der Waals surface area contributed by atoms with Crippen LogP contribution in [-0.2, 0) is 6.54 Å². The summed E-state index contributed by atoms with van der Waals surface area (Å²) in [5.41, 5.74) is 2.13. The van der Waals surface area contributed by atoms with Crippen LogP contribution in [0.15, 0.2) is 42.6 Å². The molecule has 0 bridgehead atoms. The lowest BCUT2D eigenvalue weighted by molar-refractivity contribution is 0.476. The Kier molecular flexibility index (Phi) is 4.93. The molecule has 0 aliphatic rings. The van der Waals surface area contributed by atoms with Crippen LogP contribution in [0.1, 0.15) is 24.6 Å². The topological polar surface area (TPSA) is 34.1 Å². The number of pyridine rings is 1. The van der Waals surface area contributed by atoms with Crippen LogP contribution in [0.2, 0.25) is 0 Å². The van der Waals surface area contributed by atoms with Gasteiger partial charge in [-0.15, -0.1) is 0 Å². The molecule has 0 saturated heterocycles. The van der Waals surface area contributed by atoms with Crippen LogP contribution in [0.3, 0.4) is 0 Å². The van der Waals surface area contributed by atoms with Gasteiger partial charge in [-0.05, 0) is 37.6 Å². The van der Waals surface area contributed by atoms with Crippen LogP contribution >= 0.6 is 0 Å². The average Bonchev–Trinajstić information content (AvgIpc) is 2.42. The van der Waals surface area contributed by atoms with Gasteiger partial charge in [-0.3, -0.25) is 4.98 Å². The molecule has 3 heteroatoms. The van der Waals surface area contributed by atoms with Crippen molar-refractivity contribution >= 4 is 0 Å². The minimum absolute atomic E-state index is 0.777. The zero-order chi connectivity index (χ0) is 13.5. The lowest BCUT2D eigenvalue weighted by Crippen LogP contribution is -2.14. The SMILES string of the molecule is CCCNCc1cc(Oc2ccccc2C)ccn1. The summed E-state index contributed by atoms with van der Waals surface area (Å²) in [6.07, 6.45) is 2.91. The molecule has 1 aromatic heterocycles. The Bertz CT molecular complexity index is 526. The molecule has 1 heterocycles. The van der Waals surface area contributed by atoms with Crippen molar-refractivity contribution in [3.63, 3.8) is 0 Å². The van der Waals surface area contributed by atoms with Crippen LogP contribution in [0, 0.1) is 6.92 Å². The Morgan fingerprint density at radius 1 is 1.21 bits per heavy atom. The third kappa shape index (κ3) is 4.07. The number of ether oxygens (including phenoxy) is 1. The molecule has 0 atom stereocenters. The van der Waals surface area contributed by atoms with E-state index in [1.165, 1.54) is 0 Å². The van der Waals surface area contributed by atoms with Crippen molar-refractivity contribution in [1.29, 1.82) is 0 Å². The lowest BCUT2D eigenvalue weighted by atomic mass is 10.2. The van der Waals surface area contributed by atoms with Crippen molar-refractivity contribution < 1.29 is 4.74 Å². The number of hydrogen-bond acceptors (Lipinski definition) is 3. The number of benzene rings is 1. The van der Waals surface area contributed by atoms with Crippen molar-refractivity contribution in [3.05, 3.63) is 53.9 Å². The summed E-state index contributed by atoms with van der Waals surface area (Å²) in [5.74, 6) is 1.72. The van der Waals surface area contributed by atoms with E-state index in [1.807, 2.05) is 43.3 Å². The Morgan fingerprint density at radius 2 is 2.05 bits per heavy atom. The third-order valence-corrected chi connectivity index (χ3v) is 2.84. The summed E-state index contributed by atoms with van der Waals surface area (Å²) in [5, 5.41) is 3.34. The maximum absolute atomic E-state index is 5.89. The van der Waals surface area contributed by atoms with E-state index in [-0.39, 0.29) is 0 Å². The number of para-hydroxylation sites is 1. The first-order valence-corrected chi connectivity index (χ1v) is 6.68. The molecule has 1 N–H and O–H groups in total. The maximum atomic E-state index is 5.89. The van der Waals surface area contributed by atoms with Crippen LogP contribution in [0.5, 0.6) is 11.5 Å². The molecule has 0 aliphatic heterocycles. The van der Waals surface area contributed by atoms with Gasteiger partial charge >= 0.3 is 0 Å². The summed E-state index contributed by atoms with van der Waals surface area (Å²) >= 11 is 0. The van der Waals surface area contributed by atoms with E-state index in [2.05, 4.69) is 17.2 Å². The standard InChI is InChI=1S/C16H20N2O/c1-3-9-17-12-14-11-15(8-10-18-14)19-16-7-5-4-6-13(16)2/h4-8,10-11,17H,3,9,12H2,1-2H3. The fourth-order valence-corrected chi connectivity index (χ4v) is 1.81. The molecular formula is C16H20N2O. The average molecular weight is 256 g/mol. The van der Waals surface area contributed by atoms with Gasteiger partial charge in [0.15, 0.2) is 0 Å². The van der Waals surface area contributed by atoms with E-state index in [1.54, 1.807) is 6.20 Å². The van der Waals surface area contributed by atoms with Gasteiger partial charge < -0.3 is 10.1 Å². The molecule has 2 rings (SSSR count). The van der Waals surface area contributed by atoms with Crippen LogP contribution < -0.4 is 10.1 Å². The van der Waals surface area contributed by atoms with E-state index in [0.29, 0.717) is 0 Å². The summed E-state index contributed by atoms with van der Waals surface area (Å²) in [7, 11) is 0. The highest BCUT2D eigenvalue weighted by molar-refractivity contribution is 5.36. The molecule has 0 saturated carbocycles. The first-order chi connectivity index (χ1) is 9.29. The summed E-state index contributed by atoms with van der Waals surface area (Å²) < 4.78 is 5.89. The predicted octanol–water partition coefficient (Wildman–Crippen LogP) is 3.68. The van der Waals surface area contributed by atoms with Crippen molar-refractivity contribution in [2.45, 2.75) is 26.8 Å². The summed E-state index contributed by atoms with van der Waals surface area (Å²) in [6, 6.07) is 11.9. The van der Waals surface area contributed by atoms with Crippen molar-refractivity contribution in [2.24, 2.45) is 0 Å². The Balaban J connectivity index is 2.05. The largest absolute Gasteiger partial charge is 0.457 e. The molecule has 2 aromatic rings. The number of aromatic nitrogens is 1. The molecule has 100 valence electrons. The molecule has 0 radical (unpaired) electrons. The van der Waals surface area contributed by atoms with Crippen molar-refractivity contribution in [3.8, 4) is 11.5 Å². The van der Waals surface area contributed by atoms with Gasteiger partial charge in [0.25, 0.3) is 0 Å². The van der Waals surface area contributed by atoms with E-state index in [0.717, 1.165) is 42.3 Å². The maximum Gasteiger partial charge on any atom is 0.130 e. The molecule has 0 unspecified atom stereocenters. The number of hydrogen-bond donors (Lipinski definition) is 1. The number of rotatable bonds is 6. The molecule has 0 aliphatic carbocycles. The number of aryl methyl sites for hydroxylation is 1. The highest BCUT2D eigenvalue weighted by Crippen LogP contribution is 2.24. The van der Waals surface area contributed by atoms with E-state index < -0.39 is 0 Å². The zero-order valence-electron chi connectivity index (χ0n) is 11.5. The first-order valence-electron chi connectivity index (χ1n) is 6.68. The first kappa shape index (κ1) is 13.6. The molecule has 3 nitrogen and oxygen atoms in total. The Morgan fingerprint density at radius 3 is 2.84 bits per heavy atom. The van der Waals surface area contributed by atoms with Gasteiger partial charge in [0.1, 0.15) is 11.5 Å². The van der Waals surface area contributed by atoms with Gasteiger partial charge in [-0.1, -0.05) is 25.1 Å². The molecule has 0 amide bonds. The van der Waals surface area contributed by atoms with Crippen molar-refractivity contribution in [1.82, 2.24) is 10.3 Å². The minimum Gasteiger partial charge on any atom is -0.457 e. The smallest absolute Gasteiger partial charge is 0.130 e. The normalized spacial score (nSPS) is 10.4. The van der Waals surface area contributed by atoms with E-state index in [9.17, 15) is 0 Å².